The number of benzene rings is 2. The number of thiazole rings is 1. The fourth-order valence-corrected chi connectivity index (χ4v) is 3.84. The molecule has 1 amide bonds. The predicted molar refractivity (Wildman–Crippen MR) is 115 cm³/mol. The van der Waals surface area contributed by atoms with Crippen molar-refractivity contribution in [3.8, 4) is 17.0 Å². The molecule has 0 saturated heterocycles. The summed E-state index contributed by atoms with van der Waals surface area (Å²) in [5, 5.41) is 5.82. The smallest absolute Gasteiger partial charge is 0.274 e. The summed E-state index contributed by atoms with van der Waals surface area (Å²) in [6, 6.07) is 16.8. The molecule has 0 unspecified atom stereocenters. The Bertz CT molecular complexity index is 1310. The van der Waals surface area contributed by atoms with E-state index in [2.05, 4.69) is 15.3 Å². The molecule has 29 heavy (non-hydrogen) atoms. The molecule has 3 heterocycles. The summed E-state index contributed by atoms with van der Waals surface area (Å²) in [6.45, 7) is 0. The van der Waals surface area contributed by atoms with E-state index in [9.17, 15) is 4.79 Å². The van der Waals surface area contributed by atoms with E-state index in [1.54, 1.807) is 24.5 Å². The van der Waals surface area contributed by atoms with Gasteiger partial charge in [-0.3, -0.25) is 9.20 Å². The van der Waals surface area contributed by atoms with Gasteiger partial charge in [-0.1, -0.05) is 18.2 Å². The summed E-state index contributed by atoms with van der Waals surface area (Å²) in [5.41, 5.74) is 3.71. The standard InChI is InChI=1S/C22H16N4O2S/c1-28-17-7-9-18-15(12-17)4-8-19(24-18)21(27)23-16-5-2-14(3-6-16)20-13-26-10-11-29-22(26)25-20/h2-13H,1H3,(H,23,27). The largest absolute Gasteiger partial charge is 0.497 e. The number of pyridine rings is 1. The Kier molecular flexibility index (Phi) is 4.22. The van der Waals surface area contributed by atoms with Gasteiger partial charge in [0, 0.05) is 34.4 Å². The molecular formula is C22H16N4O2S. The molecule has 0 saturated carbocycles. The summed E-state index contributed by atoms with van der Waals surface area (Å²) in [7, 11) is 1.62. The molecule has 0 aliphatic carbocycles. The van der Waals surface area contributed by atoms with Gasteiger partial charge in [0.1, 0.15) is 11.4 Å². The van der Waals surface area contributed by atoms with Crippen molar-refractivity contribution in [2.24, 2.45) is 0 Å². The number of methoxy groups -OCH3 is 1. The molecule has 5 aromatic rings. The summed E-state index contributed by atoms with van der Waals surface area (Å²) in [4.78, 5) is 22.6. The molecular weight excluding hydrogens is 384 g/mol. The summed E-state index contributed by atoms with van der Waals surface area (Å²) < 4.78 is 7.22. The van der Waals surface area contributed by atoms with Crippen molar-refractivity contribution < 1.29 is 9.53 Å². The number of carbonyl (C=O) groups is 1. The first kappa shape index (κ1) is 17.4. The lowest BCUT2D eigenvalue weighted by Gasteiger charge is -2.07. The number of carbonyl (C=O) groups excluding carboxylic acids is 1. The second-order valence-electron chi connectivity index (χ2n) is 6.51. The van der Waals surface area contributed by atoms with Crippen molar-refractivity contribution >= 4 is 38.8 Å². The van der Waals surface area contributed by atoms with Crippen LogP contribution in [0.15, 0.2) is 72.4 Å². The van der Waals surface area contributed by atoms with Crippen LogP contribution in [0.4, 0.5) is 5.69 Å². The van der Waals surface area contributed by atoms with E-state index >= 15 is 0 Å². The third-order valence-electron chi connectivity index (χ3n) is 4.66. The van der Waals surface area contributed by atoms with Gasteiger partial charge in [0.25, 0.3) is 5.91 Å². The second-order valence-corrected chi connectivity index (χ2v) is 7.38. The predicted octanol–water partition coefficient (Wildman–Crippen LogP) is 4.87. The minimum absolute atomic E-state index is 0.252. The lowest BCUT2D eigenvalue weighted by molar-refractivity contribution is 0.102. The Morgan fingerprint density at radius 1 is 1.07 bits per heavy atom. The topological polar surface area (TPSA) is 68.5 Å². The first-order chi connectivity index (χ1) is 14.2. The Balaban J connectivity index is 1.34. The first-order valence-electron chi connectivity index (χ1n) is 8.98. The quantitative estimate of drug-likeness (QED) is 0.467. The van der Waals surface area contributed by atoms with Gasteiger partial charge in [-0.25, -0.2) is 9.97 Å². The highest BCUT2D eigenvalue weighted by atomic mass is 32.1. The molecule has 2 aromatic carbocycles. The van der Waals surface area contributed by atoms with Crippen LogP contribution in [0.3, 0.4) is 0 Å². The molecule has 7 heteroatoms. The maximum Gasteiger partial charge on any atom is 0.274 e. The van der Waals surface area contributed by atoms with E-state index in [-0.39, 0.29) is 5.91 Å². The maximum absolute atomic E-state index is 12.6. The van der Waals surface area contributed by atoms with Crippen molar-refractivity contribution in [3.05, 3.63) is 78.1 Å². The Labute approximate surface area is 170 Å². The molecule has 0 bridgehead atoms. The molecule has 142 valence electrons. The Morgan fingerprint density at radius 3 is 2.72 bits per heavy atom. The number of hydrogen-bond acceptors (Lipinski definition) is 5. The van der Waals surface area contributed by atoms with Crippen LogP contribution in [0.25, 0.3) is 27.1 Å². The average molecular weight is 400 g/mol. The van der Waals surface area contributed by atoms with Crippen molar-refractivity contribution in [2.75, 3.05) is 12.4 Å². The molecule has 0 radical (unpaired) electrons. The van der Waals surface area contributed by atoms with Crippen LogP contribution in [0.2, 0.25) is 0 Å². The zero-order chi connectivity index (χ0) is 19.8. The van der Waals surface area contributed by atoms with Crippen molar-refractivity contribution in [3.63, 3.8) is 0 Å². The van der Waals surface area contributed by atoms with Gasteiger partial charge >= 0.3 is 0 Å². The third kappa shape index (κ3) is 3.32. The minimum atomic E-state index is -0.252. The third-order valence-corrected chi connectivity index (χ3v) is 5.43. The number of aromatic nitrogens is 3. The molecule has 5 rings (SSSR count). The fraction of sp³-hybridized carbons (Fsp3) is 0.0455. The van der Waals surface area contributed by atoms with Crippen molar-refractivity contribution in [2.45, 2.75) is 0 Å². The molecule has 1 N–H and O–H groups in total. The molecule has 0 fully saturated rings. The number of hydrogen-bond donors (Lipinski definition) is 1. The SMILES string of the molecule is COc1ccc2nc(C(=O)Nc3ccc(-c4cn5ccsc5n4)cc3)ccc2c1. The van der Waals surface area contributed by atoms with Crippen LogP contribution in [0, 0.1) is 0 Å². The van der Waals surface area contributed by atoms with Gasteiger partial charge in [-0.05, 0) is 36.4 Å². The highest BCUT2D eigenvalue weighted by Gasteiger charge is 2.10. The normalized spacial score (nSPS) is 11.1. The first-order valence-corrected chi connectivity index (χ1v) is 9.86. The number of rotatable bonds is 4. The molecule has 3 aromatic heterocycles. The monoisotopic (exact) mass is 400 g/mol. The van der Waals surface area contributed by atoms with E-state index in [4.69, 9.17) is 4.74 Å². The average Bonchev–Trinajstić information content (AvgIpc) is 3.36. The lowest BCUT2D eigenvalue weighted by Crippen LogP contribution is -2.13. The number of imidazole rings is 1. The van der Waals surface area contributed by atoms with E-state index in [1.165, 1.54) is 0 Å². The highest BCUT2D eigenvalue weighted by Crippen LogP contribution is 2.24. The van der Waals surface area contributed by atoms with Crippen LogP contribution >= 0.6 is 11.3 Å². The van der Waals surface area contributed by atoms with Crippen LogP contribution in [-0.4, -0.2) is 27.4 Å². The second kappa shape index (κ2) is 7.03. The van der Waals surface area contributed by atoms with Crippen LogP contribution in [0.5, 0.6) is 5.75 Å². The van der Waals surface area contributed by atoms with Crippen LogP contribution in [-0.2, 0) is 0 Å². The van der Waals surface area contributed by atoms with Gasteiger partial charge in [0.05, 0.1) is 18.3 Å². The van der Waals surface area contributed by atoms with Gasteiger partial charge in [0.2, 0.25) is 0 Å². The lowest BCUT2D eigenvalue weighted by atomic mass is 10.1. The van der Waals surface area contributed by atoms with Crippen molar-refractivity contribution in [1.82, 2.24) is 14.4 Å². The van der Waals surface area contributed by atoms with Gasteiger partial charge < -0.3 is 10.1 Å². The molecule has 0 spiro atoms. The Morgan fingerprint density at radius 2 is 1.93 bits per heavy atom. The van der Waals surface area contributed by atoms with E-state index in [1.807, 2.05) is 70.7 Å². The minimum Gasteiger partial charge on any atom is -0.497 e. The zero-order valence-electron chi connectivity index (χ0n) is 15.5. The molecule has 0 aliphatic rings. The van der Waals surface area contributed by atoms with Crippen LogP contribution < -0.4 is 10.1 Å². The summed E-state index contributed by atoms with van der Waals surface area (Å²) >= 11 is 1.60. The molecule has 0 atom stereocenters. The van der Waals surface area contributed by atoms with Crippen LogP contribution in [0.1, 0.15) is 10.5 Å². The number of fused-ring (bicyclic) bond motifs is 2. The number of ether oxygens (including phenoxy) is 1. The summed E-state index contributed by atoms with van der Waals surface area (Å²) in [5.74, 6) is 0.507. The number of nitrogens with zero attached hydrogens (tertiary/aromatic N) is 3. The molecule has 6 nitrogen and oxygen atoms in total. The number of amides is 1. The van der Waals surface area contributed by atoms with Crippen molar-refractivity contribution in [1.29, 1.82) is 0 Å². The highest BCUT2D eigenvalue weighted by molar-refractivity contribution is 7.15. The molecule has 0 aliphatic heterocycles. The van der Waals surface area contributed by atoms with E-state index < -0.39 is 0 Å². The fourth-order valence-electron chi connectivity index (χ4n) is 3.14. The number of anilines is 1. The van der Waals surface area contributed by atoms with E-state index in [0.29, 0.717) is 11.4 Å². The van der Waals surface area contributed by atoms with Gasteiger partial charge in [0.15, 0.2) is 4.96 Å². The zero-order valence-corrected chi connectivity index (χ0v) is 16.3. The summed E-state index contributed by atoms with van der Waals surface area (Å²) in [6.07, 6.45) is 3.98. The number of nitrogens with one attached hydrogen (secondary N) is 1. The van der Waals surface area contributed by atoms with Gasteiger partial charge in [-0.15, -0.1) is 11.3 Å². The van der Waals surface area contributed by atoms with E-state index in [0.717, 1.165) is 32.9 Å². The Hall–Kier alpha value is -3.71. The van der Waals surface area contributed by atoms with Gasteiger partial charge in [-0.2, -0.15) is 0 Å². The maximum atomic E-state index is 12.6.